The van der Waals surface area contributed by atoms with Crippen molar-refractivity contribution < 1.29 is 8.78 Å². The van der Waals surface area contributed by atoms with Gasteiger partial charge in [-0.1, -0.05) is 37.3 Å². The fourth-order valence-corrected chi connectivity index (χ4v) is 2.86. The second-order valence-electron chi connectivity index (χ2n) is 6.59. The minimum absolute atomic E-state index is 0.237. The van der Waals surface area contributed by atoms with Crippen LogP contribution in [-0.4, -0.2) is 28.8 Å². The van der Waals surface area contributed by atoms with Crippen LogP contribution in [0.15, 0.2) is 36.4 Å². The summed E-state index contributed by atoms with van der Waals surface area (Å²) >= 11 is 0. The van der Waals surface area contributed by atoms with Crippen LogP contribution < -0.4 is 5.32 Å². The van der Waals surface area contributed by atoms with Crippen molar-refractivity contribution in [2.75, 3.05) is 6.54 Å². The molecule has 0 saturated heterocycles. The molecule has 2 aromatic rings. The lowest BCUT2D eigenvalue weighted by Crippen LogP contribution is -2.39. The molecular formula is C19H27F2N3. The van der Waals surface area contributed by atoms with Crippen LogP contribution in [0.1, 0.15) is 30.3 Å². The maximum Gasteiger partial charge on any atom is 0.253 e. The van der Waals surface area contributed by atoms with Gasteiger partial charge < -0.3 is 5.32 Å². The highest BCUT2D eigenvalue weighted by Gasteiger charge is 2.20. The average Bonchev–Trinajstić information content (AvgIpc) is 2.85. The quantitative estimate of drug-likeness (QED) is 0.751. The van der Waals surface area contributed by atoms with Gasteiger partial charge in [0.25, 0.3) is 6.43 Å². The van der Waals surface area contributed by atoms with Crippen LogP contribution in [0.5, 0.6) is 0 Å². The SMILES string of the molecule is Cc1cc(C)n(C[C@@H](C)CN[C@@H](CCc2ccccc2)C(F)F)n1. The largest absolute Gasteiger partial charge is 0.309 e. The lowest BCUT2D eigenvalue weighted by atomic mass is 10.0. The molecule has 2 rings (SSSR count). The summed E-state index contributed by atoms with van der Waals surface area (Å²) in [6.45, 7) is 7.33. The summed E-state index contributed by atoms with van der Waals surface area (Å²) < 4.78 is 28.5. The molecule has 0 fully saturated rings. The first-order valence-corrected chi connectivity index (χ1v) is 8.52. The molecule has 1 heterocycles. The Hall–Kier alpha value is -1.75. The topological polar surface area (TPSA) is 29.9 Å². The zero-order valence-corrected chi connectivity index (χ0v) is 14.7. The molecule has 0 aliphatic carbocycles. The minimum Gasteiger partial charge on any atom is -0.309 e. The maximum absolute atomic E-state index is 13.3. The zero-order valence-electron chi connectivity index (χ0n) is 14.7. The highest BCUT2D eigenvalue weighted by Crippen LogP contribution is 2.12. The number of benzene rings is 1. The van der Waals surface area contributed by atoms with Gasteiger partial charge in [0.2, 0.25) is 0 Å². The molecule has 1 N–H and O–H groups in total. The summed E-state index contributed by atoms with van der Waals surface area (Å²) in [7, 11) is 0. The molecule has 2 atom stereocenters. The first-order valence-electron chi connectivity index (χ1n) is 8.52. The Kier molecular flexibility index (Phi) is 6.91. The second-order valence-corrected chi connectivity index (χ2v) is 6.59. The third kappa shape index (κ3) is 5.71. The van der Waals surface area contributed by atoms with Gasteiger partial charge >= 0.3 is 0 Å². The predicted octanol–water partition coefficient (Wildman–Crippen LogP) is 3.99. The molecule has 0 amide bonds. The second kappa shape index (κ2) is 8.92. The van der Waals surface area contributed by atoms with Gasteiger partial charge in [-0.25, -0.2) is 8.78 Å². The van der Waals surface area contributed by atoms with E-state index in [9.17, 15) is 8.78 Å². The van der Waals surface area contributed by atoms with E-state index in [1.54, 1.807) is 0 Å². The highest BCUT2D eigenvalue weighted by molar-refractivity contribution is 5.14. The van der Waals surface area contributed by atoms with Crippen molar-refractivity contribution in [3.05, 3.63) is 53.3 Å². The minimum atomic E-state index is -2.35. The summed E-state index contributed by atoms with van der Waals surface area (Å²) in [6.07, 6.45) is -1.25. The number of aryl methyl sites for hydroxylation is 3. The Balaban J connectivity index is 1.81. The molecule has 0 unspecified atom stereocenters. The Labute approximate surface area is 143 Å². The van der Waals surface area contributed by atoms with E-state index in [2.05, 4.69) is 17.3 Å². The summed E-state index contributed by atoms with van der Waals surface area (Å²) in [6, 6.07) is 11.0. The lowest BCUT2D eigenvalue weighted by Gasteiger charge is -2.21. The maximum atomic E-state index is 13.3. The molecule has 132 valence electrons. The van der Waals surface area contributed by atoms with Gasteiger partial charge in [0.05, 0.1) is 11.7 Å². The van der Waals surface area contributed by atoms with Crippen LogP contribution >= 0.6 is 0 Å². The Morgan fingerprint density at radius 2 is 1.88 bits per heavy atom. The third-order valence-corrected chi connectivity index (χ3v) is 4.21. The van der Waals surface area contributed by atoms with Crippen molar-refractivity contribution in [2.24, 2.45) is 5.92 Å². The Bertz CT molecular complexity index is 610. The summed E-state index contributed by atoms with van der Waals surface area (Å²) in [5, 5.41) is 7.47. The van der Waals surface area contributed by atoms with Gasteiger partial charge in [-0.15, -0.1) is 0 Å². The molecule has 24 heavy (non-hydrogen) atoms. The van der Waals surface area contributed by atoms with E-state index in [0.717, 1.165) is 23.5 Å². The Morgan fingerprint density at radius 3 is 2.46 bits per heavy atom. The van der Waals surface area contributed by atoms with E-state index >= 15 is 0 Å². The van der Waals surface area contributed by atoms with Crippen LogP contribution in [0, 0.1) is 19.8 Å². The van der Waals surface area contributed by atoms with Crippen molar-refractivity contribution in [1.82, 2.24) is 15.1 Å². The molecule has 0 radical (unpaired) electrons. The zero-order chi connectivity index (χ0) is 17.5. The van der Waals surface area contributed by atoms with Crippen LogP contribution in [0.2, 0.25) is 0 Å². The third-order valence-electron chi connectivity index (χ3n) is 4.21. The summed E-state index contributed by atoms with van der Waals surface area (Å²) in [4.78, 5) is 0. The van der Waals surface area contributed by atoms with Crippen molar-refractivity contribution in [1.29, 1.82) is 0 Å². The number of nitrogens with zero attached hydrogens (tertiary/aromatic N) is 2. The summed E-state index contributed by atoms with van der Waals surface area (Å²) in [5.74, 6) is 0.237. The number of halogens is 2. The fourth-order valence-electron chi connectivity index (χ4n) is 2.86. The van der Waals surface area contributed by atoms with E-state index in [1.807, 2.05) is 54.9 Å². The normalized spacial score (nSPS) is 14.1. The number of hydrogen-bond acceptors (Lipinski definition) is 2. The van der Waals surface area contributed by atoms with Crippen molar-refractivity contribution >= 4 is 0 Å². The smallest absolute Gasteiger partial charge is 0.253 e. The number of rotatable bonds is 9. The fraction of sp³-hybridized carbons (Fsp3) is 0.526. The first kappa shape index (κ1) is 18.6. The average molecular weight is 335 g/mol. The molecule has 1 aromatic heterocycles. The van der Waals surface area contributed by atoms with Crippen LogP contribution in [0.4, 0.5) is 8.78 Å². The molecule has 0 spiro atoms. The number of aromatic nitrogens is 2. The number of alkyl halides is 2. The van der Waals surface area contributed by atoms with Gasteiger partial charge in [-0.05, 0) is 50.8 Å². The van der Waals surface area contributed by atoms with Crippen molar-refractivity contribution in [3.63, 3.8) is 0 Å². The lowest BCUT2D eigenvalue weighted by molar-refractivity contribution is 0.0917. The molecule has 0 saturated carbocycles. The van der Waals surface area contributed by atoms with E-state index < -0.39 is 12.5 Å². The van der Waals surface area contributed by atoms with Crippen molar-refractivity contribution in [2.45, 2.75) is 52.6 Å². The molecular weight excluding hydrogens is 308 g/mol. The molecule has 0 aliphatic rings. The van der Waals surface area contributed by atoms with E-state index in [4.69, 9.17) is 0 Å². The van der Waals surface area contributed by atoms with E-state index in [1.165, 1.54) is 0 Å². The van der Waals surface area contributed by atoms with Gasteiger partial charge in [0, 0.05) is 12.2 Å². The molecule has 3 nitrogen and oxygen atoms in total. The predicted molar refractivity (Wildman–Crippen MR) is 93.4 cm³/mol. The van der Waals surface area contributed by atoms with Crippen LogP contribution in [-0.2, 0) is 13.0 Å². The first-order chi connectivity index (χ1) is 11.5. The number of nitrogens with one attached hydrogen (secondary N) is 1. The van der Waals surface area contributed by atoms with Crippen LogP contribution in [0.25, 0.3) is 0 Å². The van der Waals surface area contributed by atoms with Crippen LogP contribution in [0.3, 0.4) is 0 Å². The molecule has 1 aromatic carbocycles. The highest BCUT2D eigenvalue weighted by atomic mass is 19.3. The molecule has 0 aliphatic heterocycles. The van der Waals surface area contributed by atoms with Gasteiger partial charge in [0.15, 0.2) is 0 Å². The monoisotopic (exact) mass is 335 g/mol. The van der Waals surface area contributed by atoms with Gasteiger partial charge in [-0.3, -0.25) is 4.68 Å². The molecule has 0 bridgehead atoms. The van der Waals surface area contributed by atoms with Gasteiger partial charge in [0.1, 0.15) is 0 Å². The summed E-state index contributed by atoms with van der Waals surface area (Å²) in [5.41, 5.74) is 3.19. The molecule has 5 heteroatoms. The van der Waals surface area contributed by atoms with Gasteiger partial charge in [-0.2, -0.15) is 5.10 Å². The van der Waals surface area contributed by atoms with E-state index in [-0.39, 0.29) is 5.92 Å². The standard InChI is InChI=1S/C19H27F2N3/c1-14(13-24-16(3)11-15(2)23-24)12-22-18(19(20)21)10-9-17-7-5-4-6-8-17/h4-8,11,14,18-19,22H,9-10,12-13H2,1-3H3/t14-,18-/m0/s1. The van der Waals surface area contributed by atoms with Crippen molar-refractivity contribution in [3.8, 4) is 0 Å². The Morgan fingerprint density at radius 1 is 1.17 bits per heavy atom. The number of hydrogen-bond donors (Lipinski definition) is 1. The van der Waals surface area contributed by atoms with E-state index in [0.29, 0.717) is 19.4 Å².